The van der Waals surface area contributed by atoms with E-state index in [1.165, 1.54) is 0 Å². The van der Waals surface area contributed by atoms with E-state index in [0.717, 1.165) is 5.39 Å². The van der Waals surface area contributed by atoms with Crippen molar-refractivity contribution < 1.29 is 13.6 Å². The van der Waals surface area contributed by atoms with Crippen molar-refractivity contribution in [1.82, 2.24) is 5.32 Å². The Bertz CT molecular complexity index is 478. The van der Waals surface area contributed by atoms with E-state index in [-0.39, 0.29) is 12.3 Å². The highest BCUT2D eigenvalue weighted by atomic mass is 19.1. The smallest absolute Gasteiger partial charge is 0.176 e. The highest BCUT2D eigenvalue weighted by Crippen LogP contribution is 2.17. The summed E-state index contributed by atoms with van der Waals surface area (Å²) < 4.78 is 17.0. The molecule has 1 heterocycles. The van der Waals surface area contributed by atoms with Crippen molar-refractivity contribution in [2.24, 2.45) is 0 Å². The van der Waals surface area contributed by atoms with Gasteiger partial charge in [0.15, 0.2) is 5.78 Å². The van der Waals surface area contributed by atoms with Gasteiger partial charge in [0.25, 0.3) is 0 Å². The molecule has 0 saturated carbocycles. The van der Waals surface area contributed by atoms with Gasteiger partial charge in [0.2, 0.25) is 0 Å². The standard InChI is InChI=1S/C11H10FNO2/c12-7-13-6-10(14)9-2-1-8-3-4-15-11(8)5-9/h1-5,13H,6-7H2. The summed E-state index contributed by atoms with van der Waals surface area (Å²) in [5, 5.41) is 3.29. The molecule has 0 bridgehead atoms. The number of rotatable bonds is 4. The van der Waals surface area contributed by atoms with Crippen LogP contribution in [0.4, 0.5) is 4.39 Å². The second-order valence-electron chi connectivity index (χ2n) is 3.16. The van der Waals surface area contributed by atoms with Crippen molar-refractivity contribution in [3.8, 4) is 0 Å². The summed E-state index contributed by atoms with van der Waals surface area (Å²) in [6.07, 6.45) is 1.57. The van der Waals surface area contributed by atoms with Gasteiger partial charge in [-0.1, -0.05) is 12.1 Å². The van der Waals surface area contributed by atoms with Gasteiger partial charge < -0.3 is 4.42 Å². The maximum absolute atomic E-state index is 11.8. The molecule has 2 rings (SSSR count). The minimum Gasteiger partial charge on any atom is -0.464 e. The molecule has 0 amide bonds. The number of Topliss-reactive ketones (excluding diaryl/α,β-unsaturated/α-hetero) is 1. The topological polar surface area (TPSA) is 42.2 Å². The molecular weight excluding hydrogens is 197 g/mol. The summed E-state index contributed by atoms with van der Waals surface area (Å²) in [7, 11) is 0. The summed E-state index contributed by atoms with van der Waals surface area (Å²) in [5.74, 6) is -0.147. The minimum atomic E-state index is -0.700. The van der Waals surface area contributed by atoms with Gasteiger partial charge in [-0.05, 0) is 12.1 Å². The molecule has 1 N–H and O–H groups in total. The SMILES string of the molecule is O=C(CNCF)c1ccc2ccoc2c1. The fourth-order valence-corrected chi connectivity index (χ4v) is 1.39. The number of halogens is 1. The zero-order chi connectivity index (χ0) is 10.7. The van der Waals surface area contributed by atoms with Crippen molar-refractivity contribution >= 4 is 16.8 Å². The molecule has 0 aliphatic heterocycles. The molecule has 1 aromatic carbocycles. The van der Waals surface area contributed by atoms with E-state index in [9.17, 15) is 9.18 Å². The third-order valence-corrected chi connectivity index (χ3v) is 2.16. The zero-order valence-corrected chi connectivity index (χ0v) is 8.00. The summed E-state index contributed by atoms with van der Waals surface area (Å²) in [4.78, 5) is 11.5. The van der Waals surface area contributed by atoms with Crippen LogP contribution in [-0.4, -0.2) is 19.1 Å². The Morgan fingerprint density at radius 1 is 1.40 bits per heavy atom. The molecule has 78 valence electrons. The number of nitrogens with one attached hydrogen (secondary N) is 1. The van der Waals surface area contributed by atoms with Gasteiger partial charge in [0.05, 0.1) is 12.8 Å². The minimum absolute atomic E-state index is 0.00269. The van der Waals surface area contributed by atoms with Crippen LogP contribution in [0, 0.1) is 0 Å². The Kier molecular flexibility index (Phi) is 2.78. The maximum Gasteiger partial charge on any atom is 0.176 e. The second-order valence-corrected chi connectivity index (χ2v) is 3.16. The number of alkyl halides is 1. The quantitative estimate of drug-likeness (QED) is 0.616. The lowest BCUT2D eigenvalue weighted by molar-refractivity contribution is 0.0987. The second kappa shape index (κ2) is 4.23. The molecule has 0 unspecified atom stereocenters. The first-order valence-corrected chi connectivity index (χ1v) is 4.58. The first kappa shape index (κ1) is 9.86. The largest absolute Gasteiger partial charge is 0.464 e. The van der Waals surface area contributed by atoms with Crippen LogP contribution in [0.3, 0.4) is 0 Å². The van der Waals surface area contributed by atoms with Gasteiger partial charge in [-0.3, -0.25) is 10.1 Å². The molecule has 0 radical (unpaired) electrons. The van der Waals surface area contributed by atoms with Gasteiger partial charge in [0.1, 0.15) is 12.4 Å². The normalized spacial score (nSPS) is 10.7. The highest BCUT2D eigenvalue weighted by molar-refractivity contribution is 6.00. The number of hydrogen-bond acceptors (Lipinski definition) is 3. The number of benzene rings is 1. The molecule has 1 aromatic heterocycles. The van der Waals surface area contributed by atoms with Crippen LogP contribution in [0.15, 0.2) is 34.9 Å². The van der Waals surface area contributed by atoms with Crippen molar-refractivity contribution in [1.29, 1.82) is 0 Å². The first-order valence-electron chi connectivity index (χ1n) is 4.58. The lowest BCUT2D eigenvalue weighted by Gasteiger charge is -2.00. The number of carbonyl (C=O) groups is 1. The molecular formula is C11H10FNO2. The van der Waals surface area contributed by atoms with Crippen LogP contribution in [0.25, 0.3) is 11.0 Å². The molecule has 3 nitrogen and oxygen atoms in total. The maximum atomic E-state index is 11.8. The van der Waals surface area contributed by atoms with Gasteiger partial charge >= 0.3 is 0 Å². The van der Waals surface area contributed by atoms with Gasteiger partial charge in [-0.25, -0.2) is 4.39 Å². The van der Waals surface area contributed by atoms with Gasteiger partial charge in [-0.15, -0.1) is 0 Å². The summed E-state index contributed by atoms with van der Waals surface area (Å²) in [6, 6.07) is 7.00. The molecule has 0 aliphatic rings. The van der Waals surface area contributed by atoms with E-state index in [1.807, 2.05) is 12.1 Å². The van der Waals surface area contributed by atoms with Crippen LogP contribution < -0.4 is 5.32 Å². The Morgan fingerprint density at radius 2 is 2.27 bits per heavy atom. The predicted molar refractivity (Wildman–Crippen MR) is 54.5 cm³/mol. The molecule has 2 aromatic rings. The van der Waals surface area contributed by atoms with Gasteiger partial charge in [-0.2, -0.15) is 0 Å². The van der Waals surface area contributed by atoms with Crippen molar-refractivity contribution in [3.05, 3.63) is 36.1 Å². The average molecular weight is 207 g/mol. The Hall–Kier alpha value is -1.68. The molecule has 0 aliphatic carbocycles. The third-order valence-electron chi connectivity index (χ3n) is 2.16. The highest BCUT2D eigenvalue weighted by Gasteiger charge is 2.06. The summed E-state index contributed by atoms with van der Waals surface area (Å²) >= 11 is 0. The Balaban J connectivity index is 2.23. The van der Waals surface area contributed by atoms with Crippen molar-refractivity contribution in [3.63, 3.8) is 0 Å². The van der Waals surface area contributed by atoms with Crippen LogP contribution in [0.5, 0.6) is 0 Å². The molecule has 15 heavy (non-hydrogen) atoms. The van der Waals surface area contributed by atoms with Crippen LogP contribution in [-0.2, 0) is 0 Å². The average Bonchev–Trinajstić information content (AvgIpc) is 2.72. The summed E-state index contributed by atoms with van der Waals surface area (Å²) in [6.45, 7) is -0.697. The summed E-state index contributed by atoms with van der Waals surface area (Å²) in [5.41, 5.74) is 1.19. The third kappa shape index (κ3) is 2.05. The van der Waals surface area contributed by atoms with E-state index in [1.54, 1.807) is 18.4 Å². The van der Waals surface area contributed by atoms with E-state index in [4.69, 9.17) is 4.42 Å². The van der Waals surface area contributed by atoms with Crippen LogP contribution >= 0.6 is 0 Å². The lowest BCUT2D eigenvalue weighted by atomic mass is 10.1. The van der Waals surface area contributed by atoms with Crippen LogP contribution in [0.2, 0.25) is 0 Å². The molecule has 0 spiro atoms. The number of hydrogen-bond donors (Lipinski definition) is 1. The molecule has 0 fully saturated rings. The number of carbonyl (C=O) groups excluding carboxylic acids is 1. The fraction of sp³-hybridized carbons (Fsp3) is 0.182. The van der Waals surface area contributed by atoms with E-state index < -0.39 is 6.80 Å². The van der Waals surface area contributed by atoms with E-state index in [2.05, 4.69) is 5.32 Å². The predicted octanol–water partition coefficient (Wildman–Crippen LogP) is 2.13. The monoisotopic (exact) mass is 207 g/mol. The van der Waals surface area contributed by atoms with Crippen molar-refractivity contribution in [2.45, 2.75) is 0 Å². The zero-order valence-electron chi connectivity index (χ0n) is 8.00. The van der Waals surface area contributed by atoms with E-state index >= 15 is 0 Å². The first-order chi connectivity index (χ1) is 7.31. The number of ketones is 1. The molecule has 4 heteroatoms. The lowest BCUT2D eigenvalue weighted by Crippen LogP contribution is -2.21. The molecule has 0 saturated heterocycles. The number of furan rings is 1. The fourth-order valence-electron chi connectivity index (χ4n) is 1.39. The van der Waals surface area contributed by atoms with Gasteiger partial charge in [0, 0.05) is 10.9 Å². The van der Waals surface area contributed by atoms with Crippen LogP contribution in [0.1, 0.15) is 10.4 Å². The molecule has 0 atom stereocenters. The Morgan fingerprint density at radius 3 is 3.07 bits per heavy atom. The Labute approximate surface area is 85.9 Å². The number of fused-ring (bicyclic) bond motifs is 1. The van der Waals surface area contributed by atoms with Crippen molar-refractivity contribution in [2.75, 3.05) is 13.3 Å². The van der Waals surface area contributed by atoms with E-state index in [0.29, 0.717) is 11.1 Å².